The smallest absolute Gasteiger partial charge is 0.258 e. The number of rotatable bonds is 1. The molecule has 2 aromatic rings. The number of hydrogen-bond acceptors (Lipinski definition) is 4. The summed E-state index contributed by atoms with van der Waals surface area (Å²) in [4.78, 5) is 19.6. The molecule has 0 saturated heterocycles. The molecule has 2 aromatic heterocycles. The standard InChI is InChI=1S/C8H7N3OS/c1-4-10-3-7-5(11-4)2-6(13-7)8(9)12/h2-3H,1H3,(H2,9,12). The highest BCUT2D eigenvalue weighted by molar-refractivity contribution is 7.20. The van der Waals surface area contributed by atoms with Gasteiger partial charge in [0, 0.05) is 6.20 Å². The van der Waals surface area contributed by atoms with Crippen LogP contribution in [0.4, 0.5) is 0 Å². The van der Waals surface area contributed by atoms with E-state index in [4.69, 9.17) is 5.73 Å². The number of aromatic nitrogens is 2. The van der Waals surface area contributed by atoms with Gasteiger partial charge in [-0.25, -0.2) is 9.97 Å². The average Bonchev–Trinajstić information content (AvgIpc) is 2.46. The van der Waals surface area contributed by atoms with Gasteiger partial charge in [0.2, 0.25) is 0 Å². The van der Waals surface area contributed by atoms with Crippen molar-refractivity contribution in [1.29, 1.82) is 0 Å². The molecule has 0 fully saturated rings. The van der Waals surface area contributed by atoms with Gasteiger partial charge in [-0.1, -0.05) is 0 Å². The first kappa shape index (κ1) is 8.12. The number of thiophene rings is 1. The second-order valence-electron chi connectivity index (χ2n) is 2.64. The Balaban J connectivity index is 2.68. The normalized spacial score (nSPS) is 10.5. The van der Waals surface area contributed by atoms with Crippen LogP contribution in [-0.4, -0.2) is 15.9 Å². The molecule has 0 radical (unpaired) electrons. The van der Waals surface area contributed by atoms with Gasteiger partial charge in [-0.05, 0) is 13.0 Å². The summed E-state index contributed by atoms with van der Waals surface area (Å²) < 4.78 is 0.888. The SMILES string of the molecule is Cc1ncc2sc(C(N)=O)cc2n1. The maximum atomic E-state index is 10.8. The zero-order chi connectivity index (χ0) is 9.42. The molecule has 2 heterocycles. The summed E-state index contributed by atoms with van der Waals surface area (Å²) in [5.41, 5.74) is 5.92. The Hall–Kier alpha value is -1.49. The Morgan fingerprint density at radius 1 is 1.62 bits per heavy atom. The molecule has 0 aromatic carbocycles. The van der Waals surface area contributed by atoms with Crippen molar-refractivity contribution >= 4 is 27.5 Å². The lowest BCUT2D eigenvalue weighted by atomic mass is 10.4. The van der Waals surface area contributed by atoms with Crippen molar-refractivity contribution in [2.45, 2.75) is 6.92 Å². The predicted octanol–water partition coefficient (Wildman–Crippen LogP) is 1.10. The van der Waals surface area contributed by atoms with Gasteiger partial charge in [0.1, 0.15) is 5.82 Å². The van der Waals surface area contributed by atoms with Gasteiger partial charge in [0.15, 0.2) is 0 Å². The second-order valence-corrected chi connectivity index (χ2v) is 3.73. The summed E-state index contributed by atoms with van der Waals surface area (Å²) in [6.45, 7) is 1.81. The van der Waals surface area contributed by atoms with Crippen LogP contribution in [0.3, 0.4) is 0 Å². The number of primary amides is 1. The number of nitrogens with zero attached hydrogens (tertiary/aromatic N) is 2. The largest absolute Gasteiger partial charge is 0.365 e. The van der Waals surface area contributed by atoms with Crippen molar-refractivity contribution in [1.82, 2.24) is 9.97 Å². The van der Waals surface area contributed by atoms with Crippen LogP contribution in [0.25, 0.3) is 10.2 Å². The lowest BCUT2D eigenvalue weighted by molar-refractivity contribution is 0.100. The van der Waals surface area contributed by atoms with E-state index in [0.717, 1.165) is 10.2 Å². The molecule has 0 saturated carbocycles. The summed E-state index contributed by atoms with van der Waals surface area (Å²) in [6, 6.07) is 1.69. The summed E-state index contributed by atoms with van der Waals surface area (Å²) in [5, 5.41) is 0. The number of hydrogen-bond donors (Lipinski definition) is 1. The zero-order valence-electron chi connectivity index (χ0n) is 6.94. The van der Waals surface area contributed by atoms with Crippen LogP contribution in [0.15, 0.2) is 12.3 Å². The quantitative estimate of drug-likeness (QED) is 0.737. The van der Waals surface area contributed by atoms with Crippen LogP contribution in [0, 0.1) is 6.92 Å². The topological polar surface area (TPSA) is 68.9 Å². The third-order valence-corrected chi connectivity index (χ3v) is 2.71. The van der Waals surface area contributed by atoms with E-state index in [2.05, 4.69) is 9.97 Å². The number of nitrogens with two attached hydrogens (primary N) is 1. The lowest BCUT2D eigenvalue weighted by Crippen LogP contribution is -2.08. The van der Waals surface area contributed by atoms with Crippen molar-refractivity contribution in [3.8, 4) is 0 Å². The Morgan fingerprint density at radius 3 is 3.08 bits per heavy atom. The van der Waals surface area contributed by atoms with Crippen molar-refractivity contribution < 1.29 is 4.79 Å². The molecule has 0 aliphatic heterocycles. The Labute approximate surface area is 78.4 Å². The van der Waals surface area contributed by atoms with Crippen molar-refractivity contribution in [2.24, 2.45) is 5.73 Å². The minimum absolute atomic E-state index is 0.416. The average molecular weight is 193 g/mol. The van der Waals surface area contributed by atoms with E-state index in [0.29, 0.717) is 10.7 Å². The number of carbonyl (C=O) groups excluding carboxylic acids is 1. The molecular formula is C8H7N3OS. The molecule has 66 valence electrons. The summed E-state index contributed by atoms with van der Waals surface area (Å²) in [5.74, 6) is 0.280. The first-order valence-electron chi connectivity index (χ1n) is 3.70. The minimum atomic E-state index is -0.416. The Morgan fingerprint density at radius 2 is 2.38 bits per heavy atom. The van der Waals surface area contributed by atoms with Gasteiger partial charge in [0.25, 0.3) is 5.91 Å². The highest BCUT2D eigenvalue weighted by atomic mass is 32.1. The molecular weight excluding hydrogens is 186 g/mol. The maximum Gasteiger partial charge on any atom is 0.258 e. The third kappa shape index (κ3) is 1.38. The molecule has 0 unspecified atom stereocenters. The first-order chi connectivity index (χ1) is 6.16. The molecule has 2 N–H and O–H groups in total. The molecule has 13 heavy (non-hydrogen) atoms. The van der Waals surface area contributed by atoms with Gasteiger partial charge in [-0.3, -0.25) is 4.79 Å². The molecule has 4 nitrogen and oxygen atoms in total. The van der Waals surface area contributed by atoms with Crippen molar-refractivity contribution in [3.63, 3.8) is 0 Å². The van der Waals surface area contributed by atoms with E-state index in [-0.39, 0.29) is 0 Å². The van der Waals surface area contributed by atoms with E-state index >= 15 is 0 Å². The monoisotopic (exact) mass is 193 g/mol. The van der Waals surface area contributed by atoms with E-state index in [9.17, 15) is 4.79 Å². The van der Waals surface area contributed by atoms with Crippen LogP contribution < -0.4 is 5.73 Å². The predicted molar refractivity (Wildman–Crippen MR) is 50.7 cm³/mol. The van der Waals surface area contributed by atoms with Crippen LogP contribution in [0.1, 0.15) is 15.5 Å². The first-order valence-corrected chi connectivity index (χ1v) is 4.51. The zero-order valence-corrected chi connectivity index (χ0v) is 7.76. The second kappa shape index (κ2) is 2.77. The fourth-order valence-electron chi connectivity index (χ4n) is 1.05. The van der Waals surface area contributed by atoms with E-state index in [1.165, 1.54) is 11.3 Å². The summed E-state index contributed by atoms with van der Waals surface area (Å²) in [7, 11) is 0. The van der Waals surface area contributed by atoms with E-state index in [1.807, 2.05) is 0 Å². The van der Waals surface area contributed by atoms with Crippen molar-refractivity contribution in [2.75, 3.05) is 0 Å². The molecule has 0 atom stereocenters. The van der Waals surface area contributed by atoms with Crippen molar-refractivity contribution in [3.05, 3.63) is 23.0 Å². The molecule has 1 amide bonds. The fraction of sp³-hybridized carbons (Fsp3) is 0.125. The molecule has 0 aliphatic rings. The number of carbonyl (C=O) groups is 1. The summed E-state index contributed by atoms with van der Waals surface area (Å²) in [6.07, 6.45) is 1.70. The van der Waals surface area contributed by atoms with Gasteiger partial charge < -0.3 is 5.73 Å². The number of fused-ring (bicyclic) bond motifs is 1. The molecule has 0 aliphatic carbocycles. The van der Waals surface area contributed by atoms with Gasteiger partial charge in [-0.15, -0.1) is 11.3 Å². The van der Waals surface area contributed by atoms with Crippen LogP contribution in [-0.2, 0) is 0 Å². The Bertz CT molecular complexity index is 477. The maximum absolute atomic E-state index is 10.8. The van der Waals surface area contributed by atoms with Gasteiger partial charge in [0.05, 0.1) is 15.1 Å². The van der Waals surface area contributed by atoms with Gasteiger partial charge in [-0.2, -0.15) is 0 Å². The van der Waals surface area contributed by atoms with E-state index < -0.39 is 5.91 Å². The molecule has 5 heteroatoms. The Kier molecular flexibility index (Phi) is 1.73. The number of amides is 1. The fourth-order valence-corrected chi connectivity index (χ4v) is 1.87. The van der Waals surface area contributed by atoms with Crippen LogP contribution >= 0.6 is 11.3 Å². The van der Waals surface area contributed by atoms with Crippen LogP contribution in [0.2, 0.25) is 0 Å². The van der Waals surface area contributed by atoms with Crippen LogP contribution in [0.5, 0.6) is 0 Å². The highest BCUT2D eigenvalue weighted by Crippen LogP contribution is 2.22. The minimum Gasteiger partial charge on any atom is -0.365 e. The lowest BCUT2D eigenvalue weighted by Gasteiger charge is -1.88. The summed E-state index contributed by atoms with van der Waals surface area (Å²) >= 11 is 1.31. The third-order valence-electron chi connectivity index (χ3n) is 1.63. The highest BCUT2D eigenvalue weighted by Gasteiger charge is 2.07. The number of aryl methyl sites for hydroxylation is 1. The molecule has 2 rings (SSSR count). The molecule has 0 spiro atoms. The molecule has 0 bridgehead atoms. The van der Waals surface area contributed by atoms with E-state index in [1.54, 1.807) is 19.2 Å². The van der Waals surface area contributed by atoms with Gasteiger partial charge >= 0.3 is 0 Å².